The van der Waals surface area contributed by atoms with Crippen molar-refractivity contribution in [2.75, 3.05) is 18.5 Å². The molecule has 1 rings (SSSR count). The van der Waals surface area contributed by atoms with Crippen LogP contribution in [-0.2, 0) is 0 Å². The van der Waals surface area contributed by atoms with E-state index in [-0.39, 0.29) is 0 Å². The van der Waals surface area contributed by atoms with Crippen LogP contribution >= 0.6 is 0 Å². The van der Waals surface area contributed by atoms with Gasteiger partial charge in [-0.2, -0.15) is 0 Å². The topological polar surface area (TPSA) is 3.24 Å². The van der Waals surface area contributed by atoms with Crippen LogP contribution in [0.5, 0.6) is 0 Å². The van der Waals surface area contributed by atoms with Gasteiger partial charge in [0.2, 0.25) is 0 Å². The summed E-state index contributed by atoms with van der Waals surface area (Å²) < 4.78 is 0. The van der Waals surface area contributed by atoms with Gasteiger partial charge in [0.25, 0.3) is 0 Å². The Morgan fingerprint density at radius 1 is 1.43 bits per heavy atom. The fraction of sp³-hybridized carbons (Fsp3) is 0.385. The molecule has 0 heterocycles. The number of aryl methyl sites for hydroxylation is 1. The van der Waals surface area contributed by atoms with Gasteiger partial charge in [-0.05, 0) is 31.0 Å². The first-order valence-corrected chi connectivity index (χ1v) is 4.95. The molecule has 1 aromatic carbocycles. The SMILES string of the molecule is C#CCCCN(C)c1cccc(C)c1. The van der Waals surface area contributed by atoms with Gasteiger partial charge in [-0.3, -0.25) is 0 Å². The minimum atomic E-state index is 0.857. The van der Waals surface area contributed by atoms with E-state index in [1.807, 2.05) is 0 Å². The van der Waals surface area contributed by atoms with Gasteiger partial charge >= 0.3 is 0 Å². The lowest BCUT2D eigenvalue weighted by atomic mass is 10.2. The molecule has 0 atom stereocenters. The molecule has 0 aromatic heterocycles. The minimum absolute atomic E-state index is 0.857. The van der Waals surface area contributed by atoms with Gasteiger partial charge in [0.05, 0.1) is 0 Å². The molecule has 1 nitrogen and oxygen atoms in total. The second kappa shape index (κ2) is 5.34. The summed E-state index contributed by atoms with van der Waals surface area (Å²) in [5.41, 5.74) is 2.56. The highest BCUT2D eigenvalue weighted by Crippen LogP contribution is 2.14. The van der Waals surface area contributed by atoms with Crippen LogP contribution in [0.4, 0.5) is 5.69 Å². The molecule has 0 amide bonds. The van der Waals surface area contributed by atoms with Gasteiger partial charge in [0.1, 0.15) is 0 Å². The monoisotopic (exact) mass is 187 g/mol. The largest absolute Gasteiger partial charge is 0.375 e. The fourth-order valence-electron chi connectivity index (χ4n) is 1.41. The zero-order valence-corrected chi connectivity index (χ0v) is 8.96. The van der Waals surface area contributed by atoms with Crippen molar-refractivity contribution < 1.29 is 0 Å². The molecule has 1 aromatic rings. The second-order valence-corrected chi connectivity index (χ2v) is 3.57. The van der Waals surface area contributed by atoms with Crippen molar-refractivity contribution in [3.8, 4) is 12.3 Å². The standard InChI is InChI=1S/C13H17N/c1-4-5-6-10-14(3)13-9-7-8-12(2)11-13/h1,7-9,11H,5-6,10H2,2-3H3. The van der Waals surface area contributed by atoms with E-state index in [1.54, 1.807) is 0 Å². The van der Waals surface area contributed by atoms with Gasteiger partial charge < -0.3 is 4.90 Å². The van der Waals surface area contributed by atoms with Crippen LogP contribution in [0.3, 0.4) is 0 Å². The maximum absolute atomic E-state index is 5.21. The Morgan fingerprint density at radius 3 is 2.86 bits per heavy atom. The first kappa shape index (κ1) is 10.7. The van der Waals surface area contributed by atoms with Crippen molar-refractivity contribution >= 4 is 5.69 Å². The Kier molecular flexibility index (Phi) is 4.07. The summed E-state index contributed by atoms with van der Waals surface area (Å²) in [6, 6.07) is 8.51. The maximum Gasteiger partial charge on any atom is 0.0366 e. The molecular formula is C13H17N. The molecule has 1 heteroatoms. The highest BCUT2D eigenvalue weighted by atomic mass is 15.1. The molecule has 0 fully saturated rings. The zero-order valence-electron chi connectivity index (χ0n) is 8.96. The Hall–Kier alpha value is -1.42. The van der Waals surface area contributed by atoms with Crippen LogP contribution in [-0.4, -0.2) is 13.6 Å². The number of anilines is 1. The molecule has 0 aliphatic rings. The van der Waals surface area contributed by atoms with Crippen molar-refractivity contribution in [3.05, 3.63) is 29.8 Å². The van der Waals surface area contributed by atoms with Crippen molar-refractivity contribution in [3.63, 3.8) is 0 Å². The van der Waals surface area contributed by atoms with Crippen LogP contribution in [0.2, 0.25) is 0 Å². The number of rotatable bonds is 4. The number of hydrogen-bond acceptors (Lipinski definition) is 1. The predicted octanol–water partition coefficient (Wildman–Crippen LogP) is 2.84. The van der Waals surface area contributed by atoms with E-state index in [2.05, 4.69) is 49.1 Å². The summed E-state index contributed by atoms with van der Waals surface area (Å²) in [7, 11) is 2.10. The summed E-state index contributed by atoms with van der Waals surface area (Å²) >= 11 is 0. The van der Waals surface area contributed by atoms with Crippen molar-refractivity contribution in [2.24, 2.45) is 0 Å². The van der Waals surface area contributed by atoms with Crippen molar-refractivity contribution in [1.82, 2.24) is 0 Å². The zero-order chi connectivity index (χ0) is 10.4. The number of terminal acetylenes is 1. The van der Waals surface area contributed by atoms with Crippen LogP contribution in [0, 0.1) is 19.3 Å². The van der Waals surface area contributed by atoms with Crippen molar-refractivity contribution in [2.45, 2.75) is 19.8 Å². The van der Waals surface area contributed by atoms with E-state index in [0.717, 1.165) is 19.4 Å². The lowest BCUT2D eigenvalue weighted by Gasteiger charge is -2.19. The molecule has 0 spiro atoms. The summed E-state index contributed by atoms with van der Waals surface area (Å²) in [6.45, 7) is 3.13. The molecule has 0 saturated carbocycles. The first-order valence-electron chi connectivity index (χ1n) is 4.95. The predicted molar refractivity (Wildman–Crippen MR) is 62.5 cm³/mol. The van der Waals surface area contributed by atoms with Crippen LogP contribution < -0.4 is 4.90 Å². The highest BCUT2D eigenvalue weighted by molar-refractivity contribution is 5.47. The summed E-state index contributed by atoms with van der Waals surface area (Å²) in [4.78, 5) is 2.24. The summed E-state index contributed by atoms with van der Waals surface area (Å²) in [6.07, 6.45) is 7.12. The third-order valence-corrected chi connectivity index (χ3v) is 2.26. The molecule has 0 aliphatic heterocycles. The Labute approximate surface area is 86.7 Å². The first-order chi connectivity index (χ1) is 6.74. The lowest BCUT2D eigenvalue weighted by Crippen LogP contribution is -2.18. The minimum Gasteiger partial charge on any atom is -0.375 e. The molecular weight excluding hydrogens is 170 g/mol. The summed E-state index contributed by atoms with van der Waals surface area (Å²) in [5.74, 6) is 2.66. The van der Waals surface area contributed by atoms with Gasteiger partial charge in [0, 0.05) is 25.7 Å². The van der Waals surface area contributed by atoms with E-state index >= 15 is 0 Å². The van der Waals surface area contributed by atoms with Crippen LogP contribution in [0.15, 0.2) is 24.3 Å². The highest BCUT2D eigenvalue weighted by Gasteiger charge is 1.99. The molecule has 0 aliphatic carbocycles. The number of benzene rings is 1. The van der Waals surface area contributed by atoms with E-state index in [4.69, 9.17) is 6.42 Å². The van der Waals surface area contributed by atoms with E-state index in [0.29, 0.717) is 0 Å². The van der Waals surface area contributed by atoms with Gasteiger partial charge in [-0.15, -0.1) is 12.3 Å². The Bertz CT molecular complexity index is 322. The maximum atomic E-state index is 5.21. The molecule has 74 valence electrons. The second-order valence-electron chi connectivity index (χ2n) is 3.57. The normalized spacial score (nSPS) is 9.50. The molecule has 0 bridgehead atoms. The molecule has 0 N–H and O–H groups in total. The van der Waals surface area contributed by atoms with Gasteiger partial charge in [-0.1, -0.05) is 12.1 Å². The summed E-state index contributed by atoms with van der Waals surface area (Å²) in [5, 5.41) is 0. The van der Waals surface area contributed by atoms with Gasteiger partial charge in [-0.25, -0.2) is 0 Å². The Balaban J connectivity index is 2.52. The average molecular weight is 187 g/mol. The van der Waals surface area contributed by atoms with Crippen LogP contribution in [0.25, 0.3) is 0 Å². The quantitative estimate of drug-likeness (QED) is 0.517. The third kappa shape index (κ3) is 3.14. The average Bonchev–Trinajstić information content (AvgIpc) is 2.18. The third-order valence-electron chi connectivity index (χ3n) is 2.26. The number of nitrogens with zero attached hydrogens (tertiary/aromatic N) is 1. The smallest absolute Gasteiger partial charge is 0.0366 e. The van der Waals surface area contributed by atoms with E-state index < -0.39 is 0 Å². The van der Waals surface area contributed by atoms with E-state index in [9.17, 15) is 0 Å². The molecule has 14 heavy (non-hydrogen) atoms. The molecule has 0 radical (unpaired) electrons. The molecule has 0 saturated heterocycles. The lowest BCUT2D eigenvalue weighted by molar-refractivity contribution is 0.811. The Morgan fingerprint density at radius 2 is 2.21 bits per heavy atom. The molecule has 0 unspecified atom stereocenters. The van der Waals surface area contributed by atoms with Gasteiger partial charge in [0.15, 0.2) is 0 Å². The number of unbranched alkanes of at least 4 members (excludes halogenated alkanes) is 1. The van der Waals surface area contributed by atoms with Crippen LogP contribution in [0.1, 0.15) is 18.4 Å². The number of hydrogen-bond donors (Lipinski definition) is 0. The van der Waals surface area contributed by atoms with E-state index in [1.165, 1.54) is 11.3 Å². The fourth-order valence-corrected chi connectivity index (χ4v) is 1.41. The van der Waals surface area contributed by atoms with Crippen molar-refractivity contribution in [1.29, 1.82) is 0 Å².